The van der Waals surface area contributed by atoms with E-state index in [4.69, 9.17) is 0 Å². The summed E-state index contributed by atoms with van der Waals surface area (Å²) in [6.45, 7) is 0.555. The number of likely N-dealkylation sites (tertiary alicyclic amines) is 1. The summed E-state index contributed by atoms with van der Waals surface area (Å²) in [5.41, 5.74) is 3.09. The highest BCUT2D eigenvalue weighted by molar-refractivity contribution is 5.98. The smallest absolute Gasteiger partial charge is 0.326 e. The molecule has 1 fully saturated rings. The second kappa shape index (κ2) is 4.68. The van der Waals surface area contributed by atoms with Crippen LogP contribution in [0.4, 0.5) is 0 Å². The molecule has 4 heteroatoms. The molecule has 0 saturated carbocycles. The summed E-state index contributed by atoms with van der Waals surface area (Å²) in [7, 11) is 0. The van der Waals surface area contributed by atoms with Gasteiger partial charge in [0.05, 0.1) is 0 Å². The van der Waals surface area contributed by atoms with Gasteiger partial charge in [-0.15, -0.1) is 0 Å². The van der Waals surface area contributed by atoms with Crippen molar-refractivity contribution in [3.05, 3.63) is 34.9 Å². The topological polar surface area (TPSA) is 57.6 Å². The zero-order valence-corrected chi connectivity index (χ0v) is 10.8. The van der Waals surface area contributed by atoms with Crippen LogP contribution in [0.5, 0.6) is 0 Å². The molecule has 0 aromatic heterocycles. The van der Waals surface area contributed by atoms with Gasteiger partial charge < -0.3 is 10.0 Å². The Labute approximate surface area is 112 Å². The van der Waals surface area contributed by atoms with E-state index in [9.17, 15) is 14.7 Å². The first kappa shape index (κ1) is 12.2. The number of aliphatic carboxylic acids is 1. The maximum Gasteiger partial charge on any atom is 0.326 e. The van der Waals surface area contributed by atoms with E-state index in [2.05, 4.69) is 6.07 Å². The number of fused-ring (bicyclic) bond motifs is 1. The Kier molecular flexibility index (Phi) is 3.01. The van der Waals surface area contributed by atoms with E-state index < -0.39 is 12.0 Å². The van der Waals surface area contributed by atoms with Crippen LogP contribution in [0.15, 0.2) is 18.2 Å². The SMILES string of the molecule is O=C(O)C1CCCN1C(=O)c1cccc2c1CCC2. The third kappa shape index (κ3) is 2.01. The van der Waals surface area contributed by atoms with Crippen LogP contribution in [0.25, 0.3) is 0 Å². The molecule has 1 aromatic rings. The molecule has 4 nitrogen and oxygen atoms in total. The Bertz CT molecular complexity index is 538. The number of carbonyl (C=O) groups excluding carboxylic acids is 1. The summed E-state index contributed by atoms with van der Waals surface area (Å²) < 4.78 is 0. The third-order valence-corrected chi connectivity index (χ3v) is 4.18. The summed E-state index contributed by atoms with van der Waals surface area (Å²) in [6, 6.07) is 5.16. The monoisotopic (exact) mass is 259 g/mol. The fourth-order valence-corrected chi connectivity index (χ4v) is 3.24. The average molecular weight is 259 g/mol. The van der Waals surface area contributed by atoms with E-state index in [1.807, 2.05) is 12.1 Å². The predicted octanol–water partition coefficient (Wildman–Crippen LogP) is 1.86. The van der Waals surface area contributed by atoms with Gasteiger partial charge in [-0.2, -0.15) is 0 Å². The van der Waals surface area contributed by atoms with E-state index in [1.54, 1.807) is 0 Å². The standard InChI is InChI=1S/C15H17NO3/c17-14(16-9-3-8-13(16)15(18)19)12-7-2-5-10-4-1-6-11(10)12/h2,5,7,13H,1,3-4,6,8-9H2,(H,18,19). The van der Waals surface area contributed by atoms with Gasteiger partial charge in [0.15, 0.2) is 0 Å². The number of carboxylic acids is 1. The minimum absolute atomic E-state index is 0.108. The number of rotatable bonds is 2. The summed E-state index contributed by atoms with van der Waals surface area (Å²) >= 11 is 0. The van der Waals surface area contributed by atoms with Crippen LogP contribution in [-0.4, -0.2) is 34.5 Å². The van der Waals surface area contributed by atoms with Crippen LogP contribution in [0.1, 0.15) is 40.7 Å². The van der Waals surface area contributed by atoms with E-state index >= 15 is 0 Å². The van der Waals surface area contributed by atoms with Gasteiger partial charge in [0.1, 0.15) is 6.04 Å². The molecule has 100 valence electrons. The quantitative estimate of drug-likeness (QED) is 0.882. The van der Waals surface area contributed by atoms with Crippen molar-refractivity contribution < 1.29 is 14.7 Å². The second-order valence-corrected chi connectivity index (χ2v) is 5.29. The molecular formula is C15H17NO3. The Morgan fingerprint density at radius 2 is 2.05 bits per heavy atom. The molecule has 19 heavy (non-hydrogen) atoms. The van der Waals surface area contributed by atoms with Crippen molar-refractivity contribution >= 4 is 11.9 Å². The number of hydrogen-bond acceptors (Lipinski definition) is 2. The lowest BCUT2D eigenvalue weighted by molar-refractivity contribution is -0.141. The molecule has 1 aliphatic carbocycles. The van der Waals surface area contributed by atoms with Crippen LogP contribution in [0.2, 0.25) is 0 Å². The number of hydrogen-bond donors (Lipinski definition) is 1. The van der Waals surface area contributed by atoms with Crippen molar-refractivity contribution in [1.82, 2.24) is 4.90 Å². The van der Waals surface area contributed by atoms with Gasteiger partial charge in [-0.05, 0) is 49.3 Å². The largest absolute Gasteiger partial charge is 0.480 e. The molecule has 1 atom stereocenters. The van der Waals surface area contributed by atoms with Crippen LogP contribution in [0, 0.1) is 0 Å². The van der Waals surface area contributed by atoms with Crippen LogP contribution in [-0.2, 0) is 17.6 Å². The number of aryl methyl sites for hydroxylation is 1. The number of benzene rings is 1. The lowest BCUT2D eigenvalue weighted by Crippen LogP contribution is -2.40. The summed E-state index contributed by atoms with van der Waals surface area (Å²) in [4.78, 5) is 25.3. The lowest BCUT2D eigenvalue weighted by Gasteiger charge is -2.22. The molecule has 3 rings (SSSR count). The molecule has 2 aliphatic rings. The predicted molar refractivity (Wildman–Crippen MR) is 70.2 cm³/mol. The zero-order valence-electron chi connectivity index (χ0n) is 10.8. The first-order valence-electron chi connectivity index (χ1n) is 6.83. The second-order valence-electron chi connectivity index (χ2n) is 5.29. The van der Waals surface area contributed by atoms with Crippen molar-refractivity contribution in [3.8, 4) is 0 Å². The molecular weight excluding hydrogens is 242 g/mol. The van der Waals surface area contributed by atoms with Crippen molar-refractivity contribution in [2.24, 2.45) is 0 Å². The van der Waals surface area contributed by atoms with Crippen molar-refractivity contribution in [1.29, 1.82) is 0 Å². The normalized spacial score (nSPS) is 21.5. The van der Waals surface area contributed by atoms with Crippen molar-refractivity contribution in [3.63, 3.8) is 0 Å². The average Bonchev–Trinajstić information content (AvgIpc) is 3.05. The van der Waals surface area contributed by atoms with Gasteiger partial charge in [-0.1, -0.05) is 12.1 Å². The minimum atomic E-state index is -0.890. The molecule has 1 aromatic carbocycles. The minimum Gasteiger partial charge on any atom is -0.480 e. The molecule has 0 bridgehead atoms. The summed E-state index contributed by atoms with van der Waals surface area (Å²) in [5, 5.41) is 9.18. The van der Waals surface area contributed by atoms with Crippen LogP contribution >= 0.6 is 0 Å². The Balaban J connectivity index is 1.92. The van der Waals surface area contributed by atoms with Gasteiger partial charge in [-0.3, -0.25) is 4.79 Å². The number of amides is 1. The van der Waals surface area contributed by atoms with Crippen LogP contribution < -0.4 is 0 Å². The summed E-state index contributed by atoms with van der Waals surface area (Å²) in [6.07, 6.45) is 4.39. The number of carbonyl (C=O) groups is 2. The Hall–Kier alpha value is -1.84. The molecule has 1 N–H and O–H groups in total. The van der Waals surface area contributed by atoms with Gasteiger partial charge in [-0.25, -0.2) is 4.79 Å². The molecule has 1 heterocycles. The van der Waals surface area contributed by atoms with Crippen molar-refractivity contribution in [2.75, 3.05) is 6.54 Å². The Morgan fingerprint density at radius 1 is 1.21 bits per heavy atom. The highest BCUT2D eigenvalue weighted by atomic mass is 16.4. The van der Waals surface area contributed by atoms with E-state index in [1.165, 1.54) is 10.5 Å². The maximum atomic E-state index is 12.6. The van der Waals surface area contributed by atoms with Gasteiger partial charge in [0.2, 0.25) is 0 Å². The van der Waals surface area contributed by atoms with Gasteiger partial charge in [0, 0.05) is 12.1 Å². The van der Waals surface area contributed by atoms with E-state index in [-0.39, 0.29) is 5.91 Å². The number of carboxylic acid groups (broad SMARTS) is 1. The molecule has 1 saturated heterocycles. The fourth-order valence-electron chi connectivity index (χ4n) is 3.24. The van der Waals surface area contributed by atoms with Gasteiger partial charge >= 0.3 is 5.97 Å². The first-order chi connectivity index (χ1) is 9.18. The number of nitrogens with zero attached hydrogens (tertiary/aromatic N) is 1. The highest BCUT2D eigenvalue weighted by Gasteiger charge is 2.35. The highest BCUT2D eigenvalue weighted by Crippen LogP contribution is 2.28. The molecule has 0 spiro atoms. The Morgan fingerprint density at radius 3 is 2.84 bits per heavy atom. The molecule has 1 unspecified atom stereocenters. The molecule has 0 radical (unpaired) electrons. The van der Waals surface area contributed by atoms with Gasteiger partial charge in [0.25, 0.3) is 5.91 Å². The maximum absolute atomic E-state index is 12.6. The summed E-state index contributed by atoms with van der Waals surface area (Å²) in [5.74, 6) is -0.998. The van der Waals surface area contributed by atoms with Crippen LogP contribution in [0.3, 0.4) is 0 Å². The molecule has 1 amide bonds. The van der Waals surface area contributed by atoms with E-state index in [0.29, 0.717) is 18.5 Å². The molecule has 1 aliphatic heterocycles. The zero-order chi connectivity index (χ0) is 13.4. The third-order valence-electron chi connectivity index (χ3n) is 4.18. The first-order valence-corrected chi connectivity index (χ1v) is 6.83. The van der Waals surface area contributed by atoms with E-state index in [0.717, 1.165) is 31.2 Å². The fraction of sp³-hybridized carbons (Fsp3) is 0.467. The lowest BCUT2D eigenvalue weighted by atomic mass is 10.0. The van der Waals surface area contributed by atoms with Crippen molar-refractivity contribution in [2.45, 2.75) is 38.1 Å².